The number of fused-ring (bicyclic) bond motifs is 3. The summed E-state index contributed by atoms with van der Waals surface area (Å²) in [4.78, 5) is 2.53. The third kappa shape index (κ3) is 9.59. The van der Waals surface area contributed by atoms with Gasteiger partial charge in [0, 0.05) is 33.5 Å². The zero-order chi connectivity index (χ0) is 46.1. The summed E-state index contributed by atoms with van der Waals surface area (Å²) in [5.74, 6) is 0.628. The highest BCUT2D eigenvalue weighted by molar-refractivity contribution is 6.11. The minimum absolute atomic E-state index is 0.290. The lowest BCUT2D eigenvalue weighted by Gasteiger charge is -2.33. The molecule has 0 N–H and O–H groups in total. The van der Waals surface area contributed by atoms with Gasteiger partial charge in [0.25, 0.3) is 0 Å². The van der Waals surface area contributed by atoms with Gasteiger partial charge in [-0.1, -0.05) is 183 Å². The van der Waals surface area contributed by atoms with Crippen LogP contribution in [0.15, 0.2) is 278 Å². The fourth-order valence-corrected chi connectivity index (χ4v) is 10.3. The van der Waals surface area contributed by atoms with Crippen LogP contribution in [0.2, 0.25) is 0 Å². The molecule has 0 saturated heterocycles. The lowest BCUT2D eigenvalue weighted by atomic mass is 9.84. The topological polar surface area (TPSA) is 8.17 Å². The molecule has 1 heterocycles. The summed E-state index contributed by atoms with van der Waals surface area (Å²) in [6.45, 7) is 7.85. The average molecular weight is 881 g/mol. The van der Waals surface area contributed by atoms with Crippen molar-refractivity contribution in [3.8, 4) is 27.9 Å². The smallest absolute Gasteiger partial charge is 0.0541 e. The van der Waals surface area contributed by atoms with E-state index in [0.29, 0.717) is 11.8 Å². The number of rotatable bonds is 15. The second kappa shape index (κ2) is 20.9. The first-order valence-corrected chi connectivity index (χ1v) is 24.5. The molecular formula is C66H60N2. The predicted molar refractivity (Wildman–Crippen MR) is 293 cm³/mol. The SMILES string of the molecule is C=C/C=C\C=C\C(C=C)C/C=C/C1C=CC(N(C2=CC=C(C3=CC=C(C4=CC=CCC4)CC3)CC2)c2ccc(-c3ccc4c(c3)c3ccccc3n4-c3ccccc3)c(-c3ccccc3)c2)=CC1. The quantitative estimate of drug-likeness (QED) is 0.0737. The maximum absolute atomic E-state index is 4.08. The van der Waals surface area contributed by atoms with Gasteiger partial charge in [0.15, 0.2) is 0 Å². The van der Waals surface area contributed by atoms with Crippen molar-refractivity contribution in [1.29, 1.82) is 0 Å². The van der Waals surface area contributed by atoms with Gasteiger partial charge in [-0.05, 0) is 162 Å². The molecule has 6 aromatic rings. The summed E-state index contributed by atoms with van der Waals surface area (Å²) in [5, 5.41) is 2.51. The van der Waals surface area contributed by atoms with Crippen molar-refractivity contribution in [1.82, 2.24) is 4.57 Å². The molecule has 0 spiro atoms. The van der Waals surface area contributed by atoms with Crippen LogP contribution in [0.3, 0.4) is 0 Å². The van der Waals surface area contributed by atoms with Gasteiger partial charge in [-0.2, -0.15) is 0 Å². The third-order valence-corrected chi connectivity index (χ3v) is 13.9. The van der Waals surface area contributed by atoms with E-state index in [4.69, 9.17) is 0 Å². The van der Waals surface area contributed by atoms with Gasteiger partial charge in [-0.25, -0.2) is 0 Å². The van der Waals surface area contributed by atoms with Gasteiger partial charge in [0.1, 0.15) is 0 Å². The molecule has 5 aromatic carbocycles. The highest BCUT2D eigenvalue weighted by atomic mass is 15.2. The van der Waals surface area contributed by atoms with E-state index < -0.39 is 0 Å². The number of benzene rings is 5. The molecule has 0 bridgehead atoms. The maximum Gasteiger partial charge on any atom is 0.0541 e. The minimum Gasteiger partial charge on any atom is -0.315 e. The summed E-state index contributed by atoms with van der Waals surface area (Å²) in [5.41, 5.74) is 18.1. The van der Waals surface area contributed by atoms with E-state index in [1.165, 1.54) is 89.1 Å². The molecule has 2 nitrogen and oxygen atoms in total. The van der Waals surface area contributed by atoms with Crippen molar-refractivity contribution >= 4 is 27.5 Å². The molecule has 2 atom stereocenters. The molecule has 68 heavy (non-hydrogen) atoms. The molecule has 10 rings (SSSR count). The molecule has 0 radical (unpaired) electrons. The van der Waals surface area contributed by atoms with Crippen molar-refractivity contribution in [2.75, 3.05) is 4.90 Å². The Morgan fingerprint density at radius 3 is 2.07 bits per heavy atom. The van der Waals surface area contributed by atoms with E-state index >= 15 is 0 Å². The highest BCUT2D eigenvalue weighted by Crippen LogP contribution is 2.43. The second-order valence-electron chi connectivity index (χ2n) is 18.2. The number of allylic oxidation sites excluding steroid dienone is 23. The normalized spacial score (nSPS) is 17.8. The standard InChI is InChI=1S/C66H60N2/c1-3-5-6-10-20-49(4-2)21-19-22-50-31-40-58(41-32-50)67(59-42-37-54(38-43-59)53-35-33-52(34-36-53)51-23-11-7-12-24-51)60-44-45-61(63(48-60)55-25-13-8-14-26-55)56-39-46-66-64(47-56)62-29-17-18-30-65(62)68(66)57-27-15-9-16-28-57/h3-11,13-20,22-23,25-31,33,35,37,39-42,44-50H,1-2,12,21,24,32,34,36,38,43H2/b6-5-,20-10+,22-19+. The first-order chi connectivity index (χ1) is 33.6. The van der Waals surface area contributed by atoms with Crippen molar-refractivity contribution in [2.24, 2.45) is 11.8 Å². The molecule has 2 heteroatoms. The fourth-order valence-electron chi connectivity index (χ4n) is 10.3. The van der Waals surface area contributed by atoms with Gasteiger partial charge in [0.2, 0.25) is 0 Å². The van der Waals surface area contributed by atoms with E-state index in [-0.39, 0.29) is 0 Å². The second-order valence-corrected chi connectivity index (χ2v) is 18.2. The molecule has 0 fully saturated rings. The summed E-state index contributed by atoms with van der Waals surface area (Å²) in [6, 6.07) is 44.6. The summed E-state index contributed by atoms with van der Waals surface area (Å²) in [7, 11) is 0. The van der Waals surface area contributed by atoms with Gasteiger partial charge in [-0.15, -0.1) is 6.58 Å². The first kappa shape index (κ1) is 44.2. The van der Waals surface area contributed by atoms with Gasteiger partial charge >= 0.3 is 0 Å². The van der Waals surface area contributed by atoms with Crippen LogP contribution >= 0.6 is 0 Å². The molecule has 334 valence electrons. The Balaban J connectivity index is 1.01. The van der Waals surface area contributed by atoms with Crippen LogP contribution < -0.4 is 4.90 Å². The summed E-state index contributed by atoms with van der Waals surface area (Å²) < 4.78 is 2.39. The molecule has 0 saturated carbocycles. The van der Waals surface area contributed by atoms with Crippen molar-refractivity contribution < 1.29 is 0 Å². The third-order valence-electron chi connectivity index (χ3n) is 13.9. The lowest BCUT2D eigenvalue weighted by molar-refractivity contribution is 0.777. The lowest BCUT2D eigenvalue weighted by Crippen LogP contribution is -2.23. The Hall–Kier alpha value is -7.68. The monoisotopic (exact) mass is 880 g/mol. The number of hydrogen-bond donors (Lipinski definition) is 0. The Kier molecular flexibility index (Phi) is 13.6. The summed E-state index contributed by atoms with van der Waals surface area (Å²) in [6.07, 6.45) is 48.7. The predicted octanol–water partition coefficient (Wildman–Crippen LogP) is 18.0. The summed E-state index contributed by atoms with van der Waals surface area (Å²) >= 11 is 0. The number of hydrogen-bond acceptors (Lipinski definition) is 1. The van der Waals surface area contributed by atoms with Crippen LogP contribution in [0.1, 0.15) is 51.4 Å². The van der Waals surface area contributed by atoms with Gasteiger partial charge in [-0.3, -0.25) is 0 Å². The van der Waals surface area contributed by atoms with Crippen LogP contribution in [0.25, 0.3) is 49.7 Å². The molecule has 4 aliphatic carbocycles. The van der Waals surface area contributed by atoms with E-state index in [0.717, 1.165) is 51.4 Å². The Bertz CT molecular complexity index is 3200. The van der Waals surface area contributed by atoms with Crippen LogP contribution in [0, 0.1) is 11.8 Å². The van der Waals surface area contributed by atoms with Gasteiger partial charge in [0.05, 0.1) is 11.0 Å². The van der Waals surface area contributed by atoms with Crippen molar-refractivity contribution in [2.45, 2.75) is 51.4 Å². The van der Waals surface area contributed by atoms with Crippen molar-refractivity contribution in [3.05, 3.63) is 278 Å². The first-order valence-electron chi connectivity index (χ1n) is 24.5. The fraction of sp³-hybridized carbons (Fsp3) is 0.152. The van der Waals surface area contributed by atoms with E-state index in [1.54, 1.807) is 6.08 Å². The molecule has 2 unspecified atom stereocenters. The van der Waals surface area contributed by atoms with E-state index in [1.807, 2.05) is 18.2 Å². The zero-order valence-electron chi connectivity index (χ0n) is 39.1. The highest BCUT2D eigenvalue weighted by Gasteiger charge is 2.24. The van der Waals surface area contributed by atoms with Crippen LogP contribution in [0.4, 0.5) is 5.69 Å². The van der Waals surface area contributed by atoms with Gasteiger partial charge < -0.3 is 9.47 Å². The molecular weight excluding hydrogens is 821 g/mol. The van der Waals surface area contributed by atoms with Crippen LogP contribution in [0.5, 0.6) is 0 Å². The van der Waals surface area contributed by atoms with E-state index in [2.05, 4.69) is 229 Å². The Labute approximate surface area is 403 Å². The number of anilines is 1. The van der Waals surface area contributed by atoms with Crippen LogP contribution in [-0.4, -0.2) is 4.57 Å². The molecule has 0 aliphatic heterocycles. The van der Waals surface area contributed by atoms with Crippen LogP contribution in [-0.2, 0) is 0 Å². The average Bonchev–Trinajstić information content (AvgIpc) is 3.74. The largest absolute Gasteiger partial charge is 0.315 e. The molecule has 0 amide bonds. The zero-order valence-corrected chi connectivity index (χ0v) is 39.1. The number of nitrogens with zero attached hydrogens (tertiary/aromatic N) is 2. The number of aromatic nitrogens is 1. The maximum atomic E-state index is 4.08. The van der Waals surface area contributed by atoms with E-state index in [9.17, 15) is 0 Å². The molecule has 4 aliphatic rings. The number of para-hydroxylation sites is 2. The Morgan fingerprint density at radius 1 is 0.632 bits per heavy atom. The Morgan fingerprint density at radius 2 is 1.37 bits per heavy atom. The minimum atomic E-state index is 0.290. The van der Waals surface area contributed by atoms with Crippen molar-refractivity contribution in [3.63, 3.8) is 0 Å². The molecule has 1 aromatic heterocycles.